The van der Waals surface area contributed by atoms with E-state index in [9.17, 15) is 4.79 Å². The lowest BCUT2D eigenvalue weighted by atomic mass is 10.1. The number of hydrogen-bond donors (Lipinski definition) is 0. The average Bonchev–Trinajstić information content (AvgIpc) is 2.97. The maximum atomic E-state index is 11.3. The van der Waals surface area contributed by atoms with Crippen LogP contribution in [-0.2, 0) is 9.53 Å². The van der Waals surface area contributed by atoms with E-state index in [4.69, 9.17) is 11.2 Å². The topological polar surface area (TPSA) is 26.3 Å². The Morgan fingerprint density at radius 3 is 2.79 bits per heavy atom. The van der Waals surface area contributed by atoms with Crippen LogP contribution >= 0.6 is 0 Å². The molecule has 0 aromatic rings. The van der Waals surface area contributed by atoms with E-state index in [2.05, 4.69) is 5.92 Å². The molecule has 0 amide bonds. The summed E-state index contributed by atoms with van der Waals surface area (Å²) < 4.78 is 5.19. The predicted molar refractivity (Wildman–Crippen MR) is 55.5 cm³/mol. The van der Waals surface area contributed by atoms with Crippen LogP contribution in [0.1, 0.15) is 33.1 Å². The van der Waals surface area contributed by atoms with Crippen molar-refractivity contribution in [3.8, 4) is 12.3 Å². The molecule has 1 saturated carbocycles. The van der Waals surface area contributed by atoms with Gasteiger partial charge in [0.2, 0.25) is 0 Å². The van der Waals surface area contributed by atoms with E-state index < -0.39 is 6.10 Å². The Morgan fingerprint density at radius 2 is 2.36 bits per heavy atom. The maximum absolute atomic E-state index is 11.3. The highest BCUT2D eigenvalue weighted by Crippen LogP contribution is 2.30. The molecule has 14 heavy (non-hydrogen) atoms. The summed E-state index contributed by atoms with van der Waals surface area (Å²) in [7, 11) is 0. The number of esters is 1. The molecular formula is C12H16O2. The quantitative estimate of drug-likeness (QED) is 0.388. The molecule has 2 heteroatoms. The van der Waals surface area contributed by atoms with Crippen molar-refractivity contribution in [3.05, 3.63) is 11.6 Å². The van der Waals surface area contributed by atoms with Crippen molar-refractivity contribution in [1.29, 1.82) is 0 Å². The van der Waals surface area contributed by atoms with Gasteiger partial charge in [-0.25, -0.2) is 0 Å². The van der Waals surface area contributed by atoms with Crippen LogP contribution in [0.5, 0.6) is 0 Å². The molecule has 0 bridgehead atoms. The normalized spacial score (nSPS) is 18.5. The molecule has 0 N–H and O–H groups in total. The van der Waals surface area contributed by atoms with E-state index in [1.165, 1.54) is 0 Å². The molecule has 0 aromatic heterocycles. The molecule has 1 unspecified atom stereocenters. The molecule has 76 valence electrons. The van der Waals surface area contributed by atoms with E-state index in [-0.39, 0.29) is 11.9 Å². The standard InChI is InChI=1S/C12H16O2/c1-4-6-9(3)11(5-2)14-12(13)10-7-8-10/h2,6,10-11H,4,7-8H2,1,3H3. The zero-order valence-electron chi connectivity index (χ0n) is 8.75. The van der Waals surface area contributed by atoms with Gasteiger partial charge in [0.05, 0.1) is 5.92 Å². The van der Waals surface area contributed by atoms with Crippen molar-refractivity contribution in [1.82, 2.24) is 0 Å². The third-order valence-corrected chi connectivity index (χ3v) is 2.24. The van der Waals surface area contributed by atoms with Gasteiger partial charge in [0.1, 0.15) is 0 Å². The van der Waals surface area contributed by atoms with Crippen molar-refractivity contribution in [2.45, 2.75) is 39.2 Å². The van der Waals surface area contributed by atoms with Crippen LogP contribution in [0.15, 0.2) is 11.6 Å². The minimum absolute atomic E-state index is 0.111. The second-order valence-electron chi connectivity index (χ2n) is 3.61. The van der Waals surface area contributed by atoms with Crippen LogP contribution in [0.25, 0.3) is 0 Å². The van der Waals surface area contributed by atoms with Gasteiger partial charge in [-0.2, -0.15) is 0 Å². The van der Waals surface area contributed by atoms with Gasteiger partial charge in [0.15, 0.2) is 6.10 Å². The monoisotopic (exact) mass is 192 g/mol. The smallest absolute Gasteiger partial charge is 0.310 e. The third-order valence-electron chi connectivity index (χ3n) is 2.24. The summed E-state index contributed by atoms with van der Waals surface area (Å²) in [6, 6.07) is 0. The van der Waals surface area contributed by atoms with E-state index in [0.29, 0.717) is 0 Å². The molecule has 1 atom stereocenters. The van der Waals surface area contributed by atoms with Crippen molar-refractivity contribution < 1.29 is 9.53 Å². The van der Waals surface area contributed by atoms with Crippen LogP contribution in [-0.4, -0.2) is 12.1 Å². The van der Waals surface area contributed by atoms with E-state index >= 15 is 0 Å². The Bertz CT molecular complexity index is 279. The summed E-state index contributed by atoms with van der Waals surface area (Å²) in [6.07, 6.45) is 9.64. The molecule has 1 aliphatic carbocycles. The largest absolute Gasteiger partial charge is 0.444 e. The number of carbonyl (C=O) groups excluding carboxylic acids is 1. The summed E-state index contributed by atoms with van der Waals surface area (Å²) in [5, 5.41) is 0. The lowest BCUT2D eigenvalue weighted by Crippen LogP contribution is -2.18. The molecule has 2 nitrogen and oxygen atoms in total. The van der Waals surface area contributed by atoms with Crippen molar-refractivity contribution in [3.63, 3.8) is 0 Å². The van der Waals surface area contributed by atoms with Gasteiger partial charge in [-0.3, -0.25) is 4.79 Å². The fourth-order valence-electron chi connectivity index (χ4n) is 1.22. The van der Waals surface area contributed by atoms with Gasteiger partial charge in [-0.05, 0) is 31.8 Å². The molecule has 0 spiro atoms. The van der Waals surface area contributed by atoms with Gasteiger partial charge in [0, 0.05) is 0 Å². The van der Waals surface area contributed by atoms with Crippen molar-refractivity contribution >= 4 is 5.97 Å². The van der Waals surface area contributed by atoms with Gasteiger partial charge in [-0.1, -0.05) is 18.9 Å². The van der Waals surface area contributed by atoms with E-state index in [0.717, 1.165) is 24.8 Å². The molecule has 1 fully saturated rings. The summed E-state index contributed by atoms with van der Waals surface area (Å²) in [6.45, 7) is 3.92. The third kappa shape index (κ3) is 2.92. The maximum Gasteiger partial charge on any atom is 0.310 e. The zero-order valence-corrected chi connectivity index (χ0v) is 8.75. The zero-order chi connectivity index (χ0) is 10.6. The minimum Gasteiger partial charge on any atom is -0.444 e. The number of rotatable bonds is 4. The van der Waals surface area contributed by atoms with Gasteiger partial charge >= 0.3 is 5.97 Å². The molecule has 0 aromatic carbocycles. The Balaban J connectivity index is 2.50. The van der Waals surface area contributed by atoms with E-state index in [1.807, 2.05) is 19.9 Å². The highest BCUT2D eigenvalue weighted by atomic mass is 16.5. The number of allylic oxidation sites excluding steroid dienone is 1. The Morgan fingerprint density at radius 1 is 1.71 bits per heavy atom. The van der Waals surface area contributed by atoms with Gasteiger partial charge < -0.3 is 4.74 Å². The van der Waals surface area contributed by atoms with Crippen LogP contribution < -0.4 is 0 Å². The first-order valence-corrected chi connectivity index (χ1v) is 5.02. The highest BCUT2D eigenvalue weighted by Gasteiger charge is 2.32. The van der Waals surface area contributed by atoms with Crippen LogP contribution in [0.3, 0.4) is 0 Å². The SMILES string of the molecule is C#CC(OC(=O)C1CC1)C(C)=CCC. The molecule has 1 aliphatic rings. The number of carbonyl (C=O) groups is 1. The molecule has 1 rings (SSSR count). The number of hydrogen-bond acceptors (Lipinski definition) is 2. The summed E-state index contributed by atoms with van der Waals surface area (Å²) >= 11 is 0. The Hall–Kier alpha value is -1.23. The summed E-state index contributed by atoms with van der Waals surface area (Å²) in [4.78, 5) is 11.3. The van der Waals surface area contributed by atoms with Crippen LogP contribution in [0.4, 0.5) is 0 Å². The summed E-state index contributed by atoms with van der Waals surface area (Å²) in [5.41, 5.74) is 0.948. The molecule has 0 saturated heterocycles. The lowest BCUT2D eigenvalue weighted by Gasteiger charge is -2.12. The van der Waals surface area contributed by atoms with Gasteiger partial charge in [-0.15, -0.1) is 6.42 Å². The first-order chi connectivity index (χ1) is 6.69. The number of terminal acetylenes is 1. The average molecular weight is 192 g/mol. The van der Waals surface area contributed by atoms with Gasteiger partial charge in [0.25, 0.3) is 0 Å². The minimum atomic E-state index is -0.469. The second-order valence-corrected chi connectivity index (χ2v) is 3.61. The predicted octanol–water partition coefficient (Wildman–Crippen LogP) is 2.30. The van der Waals surface area contributed by atoms with Crippen LogP contribution in [0.2, 0.25) is 0 Å². The lowest BCUT2D eigenvalue weighted by molar-refractivity contribution is -0.146. The van der Waals surface area contributed by atoms with Crippen molar-refractivity contribution in [2.24, 2.45) is 5.92 Å². The van der Waals surface area contributed by atoms with E-state index in [1.54, 1.807) is 0 Å². The first kappa shape index (κ1) is 10.8. The van der Waals surface area contributed by atoms with Crippen molar-refractivity contribution in [2.75, 3.05) is 0 Å². The fraction of sp³-hybridized carbons (Fsp3) is 0.583. The Kier molecular flexibility index (Phi) is 3.76. The second kappa shape index (κ2) is 4.85. The summed E-state index contributed by atoms with van der Waals surface area (Å²) in [5.74, 6) is 2.46. The molecular weight excluding hydrogens is 176 g/mol. The first-order valence-electron chi connectivity index (χ1n) is 5.02. The highest BCUT2D eigenvalue weighted by molar-refractivity contribution is 5.75. The molecule has 0 heterocycles. The molecule has 0 radical (unpaired) electrons. The molecule has 0 aliphatic heterocycles. The number of ether oxygens (including phenoxy) is 1. The fourth-order valence-corrected chi connectivity index (χ4v) is 1.22. The Labute approximate surface area is 85.3 Å². The van der Waals surface area contributed by atoms with Crippen LogP contribution in [0, 0.1) is 18.3 Å².